The Balaban J connectivity index is 1.94. The van der Waals surface area contributed by atoms with Crippen molar-refractivity contribution in [2.24, 2.45) is 5.73 Å². The van der Waals surface area contributed by atoms with Crippen molar-refractivity contribution in [1.82, 2.24) is 4.90 Å². The van der Waals surface area contributed by atoms with E-state index >= 15 is 0 Å². The lowest BCUT2D eigenvalue weighted by molar-refractivity contribution is 0.218. The molecule has 110 valence electrons. The third-order valence-electron chi connectivity index (χ3n) is 3.64. The van der Waals surface area contributed by atoms with Gasteiger partial charge in [-0.25, -0.2) is 4.79 Å². The highest BCUT2D eigenvalue weighted by Gasteiger charge is 2.22. The van der Waals surface area contributed by atoms with Crippen molar-refractivity contribution < 1.29 is 9.53 Å². The zero-order valence-electron chi connectivity index (χ0n) is 11.9. The molecule has 6 heteroatoms. The number of ether oxygens (including phenoxy) is 1. The average Bonchev–Trinajstić information content (AvgIpc) is 2.95. The van der Waals surface area contributed by atoms with Crippen LogP contribution in [0.5, 0.6) is 5.75 Å². The molecule has 0 saturated heterocycles. The minimum atomic E-state index is -0.229. The number of urea groups is 1. The van der Waals surface area contributed by atoms with Gasteiger partial charge in [0.25, 0.3) is 0 Å². The number of nitrogens with two attached hydrogens (primary N) is 1. The molecule has 0 radical (unpaired) electrons. The van der Waals surface area contributed by atoms with Crippen LogP contribution in [0.4, 0.5) is 10.5 Å². The summed E-state index contributed by atoms with van der Waals surface area (Å²) in [4.78, 5) is 14.3. The Kier molecular flexibility index (Phi) is 3.57. The lowest BCUT2D eigenvalue weighted by Crippen LogP contribution is -2.35. The van der Waals surface area contributed by atoms with Gasteiger partial charge in [0.05, 0.1) is 18.0 Å². The van der Waals surface area contributed by atoms with E-state index in [1.54, 1.807) is 30.4 Å². The molecule has 1 aliphatic heterocycles. The molecular formula is C15H17N3O2S. The molecule has 1 atom stereocenters. The van der Waals surface area contributed by atoms with Crippen LogP contribution in [0.2, 0.25) is 0 Å². The van der Waals surface area contributed by atoms with E-state index in [4.69, 9.17) is 10.5 Å². The standard InChI is InChI=1S/C15H17N3O2S/c1-18-8-10-7-9(3-4-11(10)17-15(18)19)13(16)14-12(20-2)5-6-21-14/h3-7,13H,8,16H2,1-2H3,(H,17,19). The van der Waals surface area contributed by atoms with Crippen molar-refractivity contribution in [1.29, 1.82) is 0 Å². The van der Waals surface area contributed by atoms with Crippen LogP contribution in [0.25, 0.3) is 0 Å². The minimum absolute atomic E-state index is 0.0838. The van der Waals surface area contributed by atoms with Gasteiger partial charge in [-0.1, -0.05) is 6.07 Å². The molecule has 2 amide bonds. The highest BCUT2D eigenvalue weighted by Crippen LogP contribution is 2.35. The maximum Gasteiger partial charge on any atom is 0.321 e. The zero-order valence-corrected chi connectivity index (χ0v) is 12.7. The summed E-state index contributed by atoms with van der Waals surface area (Å²) in [5.41, 5.74) is 9.30. The van der Waals surface area contributed by atoms with Crippen LogP contribution >= 0.6 is 11.3 Å². The summed E-state index contributed by atoms with van der Waals surface area (Å²) < 4.78 is 5.34. The number of methoxy groups -OCH3 is 1. The molecule has 2 aromatic rings. The molecule has 2 heterocycles. The predicted molar refractivity (Wildman–Crippen MR) is 83.8 cm³/mol. The van der Waals surface area contributed by atoms with E-state index in [9.17, 15) is 4.79 Å². The number of benzene rings is 1. The number of hydrogen-bond acceptors (Lipinski definition) is 4. The Morgan fingerprint density at radius 1 is 1.43 bits per heavy atom. The largest absolute Gasteiger partial charge is 0.496 e. The molecule has 0 aliphatic carbocycles. The van der Waals surface area contributed by atoms with Gasteiger partial charge < -0.3 is 20.7 Å². The lowest BCUT2D eigenvalue weighted by Gasteiger charge is -2.27. The Labute approximate surface area is 127 Å². The summed E-state index contributed by atoms with van der Waals surface area (Å²) in [5.74, 6) is 0.815. The highest BCUT2D eigenvalue weighted by atomic mass is 32.1. The fourth-order valence-electron chi connectivity index (χ4n) is 2.45. The molecule has 1 aromatic carbocycles. The molecule has 0 bridgehead atoms. The van der Waals surface area contributed by atoms with Gasteiger partial charge in [-0.05, 0) is 34.7 Å². The fraction of sp³-hybridized carbons (Fsp3) is 0.267. The third kappa shape index (κ3) is 2.48. The molecule has 3 N–H and O–H groups in total. The Morgan fingerprint density at radius 2 is 2.24 bits per heavy atom. The number of fused-ring (bicyclic) bond motifs is 1. The normalized spacial score (nSPS) is 15.4. The number of hydrogen-bond donors (Lipinski definition) is 2. The van der Waals surface area contributed by atoms with Crippen molar-refractivity contribution in [3.05, 3.63) is 45.6 Å². The molecule has 0 fully saturated rings. The van der Waals surface area contributed by atoms with E-state index < -0.39 is 0 Å². The van der Waals surface area contributed by atoms with Gasteiger partial charge in [0.1, 0.15) is 5.75 Å². The molecule has 1 aliphatic rings. The first kappa shape index (κ1) is 13.9. The molecular weight excluding hydrogens is 286 g/mol. The quantitative estimate of drug-likeness (QED) is 0.916. The van der Waals surface area contributed by atoms with Gasteiger partial charge in [-0.15, -0.1) is 11.3 Å². The molecule has 0 saturated carbocycles. The van der Waals surface area contributed by atoms with Crippen LogP contribution < -0.4 is 15.8 Å². The van der Waals surface area contributed by atoms with Crippen LogP contribution in [0, 0.1) is 0 Å². The predicted octanol–water partition coefficient (Wildman–Crippen LogP) is 2.78. The number of nitrogens with zero attached hydrogens (tertiary/aromatic N) is 1. The van der Waals surface area contributed by atoms with Crippen molar-refractivity contribution in [3.63, 3.8) is 0 Å². The van der Waals surface area contributed by atoms with Gasteiger partial charge in [-0.3, -0.25) is 0 Å². The second kappa shape index (κ2) is 5.38. The zero-order chi connectivity index (χ0) is 15.0. The molecule has 1 aromatic heterocycles. The summed E-state index contributed by atoms with van der Waals surface area (Å²) in [6, 6.07) is 7.53. The number of carbonyl (C=O) groups excluding carboxylic acids is 1. The number of anilines is 1. The van der Waals surface area contributed by atoms with Crippen LogP contribution in [-0.4, -0.2) is 25.1 Å². The first-order chi connectivity index (χ1) is 10.1. The van der Waals surface area contributed by atoms with Crippen LogP contribution in [-0.2, 0) is 6.54 Å². The number of carbonyl (C=O) groups is 1. The molecule has 21 heavy (non-hydrogen) atoms. The number of thiophene rings is 1. The first-order valence-corrected chi connectivity index (χ1v) is 7.50. The molecule has 1 unspecified atom stereocenters. The van der Waals surface area contributed by atoms with E-state index in [2.05, 4.69) is 11.4 Å². The van der Waals surface area contributed by atoms with E-state index in [0.29, 0.717) is 6.54 Å². The smallest absolute Gasteiger partial charge is 0.321 e. The first-order valence-electron chi connectivity index (χ1n) is 6.62. The van der Waals surface area contributed by atoms with Crippen LogP contribution in [0.1, 0.15) is 22.0 Å². The van der Waals surface area contributed by atoms with Gasteiger partial charge in [0, 0.05) is 19.3 Å². The monoisotopic (exact) mass is 303 g/mol. The average molecular weight is 303 g/mol. The van der Waals surface area contributed by atoms with Gasteiger partial charge in [0.15, 0.2) is 0 Å². The molecule has 3 rings (SSSR count). The van der Waals surface area contributed by atoms with Crippen LogP contribution in [0.3, 0.4) is 0 Å². The van der Waals surface area contributed by atoms with E-state index in [0.717, 1.165) is 27.4 Å². The summed E-state index contributed by atoms with van der Waals surface area (Å²) in [5, 5.41) is 4.83. The number of amides is 2. The Bertz CT molecular complexity index is 683. The lowest BCUT2D eigenvalue weighted by atomic mass is 10.0. The summed E-state index contributed by atoms with van der Waals surface area (Å²) in [6.07, 6.45) is 0. The van der Waals surface area contributed by atoms with Crippen LogP contribution in [0.15, 0.2) is 29.6 Å². The fourth-order valence-corrected chi connectivity index (χ4v) is 3.34. The van der Waals surface area contributed by atoms with Crippen molar-refractivity contribution in [2.45, 2.75) is 12.6 Å². The SMILES string of the molecule is COc1ccsc1C(N)c1ccc2c(c1)CN(C)C(=O)N2. The minimum Gasteiger partial charge on any atom is -0.496 e. The highest BCUT2D eigenvalue weighted by molar-refractivity contribution is 7.10. The Hall–Kier alpha value is -2.05. The van der Waals surface area contributed by atoms with Crippen molar-refractivity contribution in [2.75, 3.05) is 19.5 Å². The van der Waals surface area contributed by atoms with E-state index in [1.807, 2.05) is 23.6 Å². The molecule has 5 nitrogen and oxygen atoms in total. The summed E-state index contributed by atoms with van der Waals surface area (Å²) in [7, 11) is 3.42. The summed E-state index contributed by atoms with van der Waals surface area (Å²) >= 11 is 1.59. The molecule has 0 spiro atoms. The van der Waals surface area contributed by atoms with Gasteiger partial charge >= 0.3 is 6.03 Å². The van der Waals surface area contributed by atoms with Crippen molar-refractivity contribution >= 4 is 23.1 Å². The van der Waals surface area contributed by atoms with E-state index in [1.165, 1.54) is 0 Å². The van der Waals surface area contributed by atoms with E-state index in [-0.39, 0.29) is 12.1 Å². The number of rotatable bonds is 3. The second-order valence-electron chi connectivity index (χ2n) is 5.03. The van der Waals surface area contributed by atoms with Gasteiger partial charge in [0.2, 0.25) is 0 Å². The summed E-state index contributed by atoms with van der Waals surface area (Å²) in [6.45, 7) is 0.587. The Morgan fingerprint density at radius 3 is 3.00 bits per heavy atom. The maximum atomic E-state index is 11.6. The third-order valence-corrected chi connectivity index (χ3v) is 4.63. The van der Waals surface area contributed by atoms with Gasteiger partial charge in [-0.2, -0.15) is 0 Å². The maximum absolute atomic E-state index is 11.6. The topological polar surface area (TPSA) is 67.6 Å². The second-order valence-corrected chi connectivity index (χ2v) is 5.98. The number of nitrogens with one attached hydrogen (secondary N) is 1. The van der Waals surface area contributed by atoms with Crippen molar-refractivity contribution in [3.8, 4) is 5.75 Å².